The highest BCUT2D eigenvalue weighted by molar-refractivity contribution is 7.99. The van der Waals surface area contributed by atoms with Gasteiger partial charge in [-0.05, 0) is 26.2 Å². The van der Waals surface area contributed by atoms with Crippen molar-refractivity contribution in [2.75, 3.05) is 48.5 Å². The molecule has 4 rings (SSSR count). The van der Waals surface area contributed by atoms with Gasteiger partial charge in [0, 0.05) is 31.7 Å². The summed E-state index contributed by atoms with van der Waals surface area (Å²) >= 11 is 1.40. The number of carbonyl (C=O) groups excluding carboxylic acids is 1. The summed E-state index contributed by atoms with van der Waals surface area (Å²) in [6.45, 7) is 5.70. The Kier molecular flexibility index (Phi) is 6.88. The highest BCUT2D eigenvalue weighted by Crippen LogP contribution is 2.31. The fourth-order valence-corrected chi connectivity index (χ4v) is 7.32. The molecule has 1 aromatic heterocycles. The summed E-state index contributed by atoms with van der Waals surface area (Å²) in [5.74, 6) is 1.40. The molecule has 0 aromatic carbocycles. The van der Waals surface area contributed by atoms with Gasteiger partial charge >= 0.3 is 0 Å². The van der Waals surface area contributed by atoms with Crippen LogP contribution in [0.4, 0.5) is 5.95 Å². The minimum Gasteiger partial charge on any atom is -0.378 e. The lowest BCUT2D eigenvalue weighted by Gasteiger charge is -2.34. The number of carbonyl (C=O) groups is 1. The first-order chi connectivity index (χ1) is 14.5. The van der Waals surface area contributed by atoms with E-state index in [-0.39, 0.29) is 35.2 Å². The van der Waals surface area contributed by atoms with Gasteiger partial charge in [-0.2, -0.15) is 0 Å². The fraction of sp³-hybridized carbons (Fsp3) is 0.842. The van der Waals surface area contributed by atoms with Crippen LogP contribution in [0.25, 0.3) is 0 Å². The van der Waals surface area contributed by atoms with E-state index in [1.54, 1.807) is 0 Å². The van der Waals surface area contributed by atoms with E-state index in [0.29, 0.717) is 19.6 Å². The van der Waals surface area contributed by atoms with E-state index in [1.807, 2.05) is 16.4 Å². The summed E-state index contributed by atoms with van der Waals surface area (Å²) in [5.41, 5.74) is 0. The highest BCUT2D eigenvalue weighted by Gasteiger charge is 2.39. The standard InChI is InChI=1S/C19H31N5O4S2/c1-2-23-18(22-8-10-28-11-9-22)20-21-19(23)29-13-17(25)24(15-5-3-4-6-15)16-7-12-30(26,27)14-16/h15-16H,2-14H2,1H3/t16-/m0/s1. The first-order valence-corrected chi connectivity index (χ1v) is 13.7. The summed E-state index contributed by atoms with van der Waals surface area (Å²) in [4.78, 5) is 17.3. The molecule has 2 saturated heterocycles. The molecule has 2 aliphatic heterocycles. The Morgan fingerprint density at radius 2 is 1.90 bits per heavy atom. The summed E-state index contributed by atoms with van der Waals surface area (Å²) in [6, 6.07) is -0.0106. The average molecular weight is 458 g/mol. The van der Waals surface area contributed by atoms with E-state index in [2.05, 4.69) is 15.1 Å². The van der Waals surface area contributed by atoms with Crippen LogP contribution < -0.4 is 4.90 Å². The van der Waals surface area contributed by atoms with Crippen LogP contribution in [0.3, 0.4) is 0 Å². The van der Waals surface area contributed by atoms with Crippen LogP contribution in [0.2, 0.25) is 0 Å². The molecule has 0 unspecified atom stereocenters. The summed E-state index contributed by atoms with van der Waals surface area (Å²) in [7, 11) is -3.03. The Labute approximate surface area is 182 Å². The molecule has 0 N–H and O–H groups in total. The second kappa shape index (κ2) is 9.44. The Balaban J connectivity index is 1.45. The van der Waals surface area contributed by atoms with Crippen molar-refractivity contribution in [2.45, 2.75) is 62.8 Å². The van der Waals surface area contributed by atoms with Crippen LogP contribution >= 0.6 is 11.8 Å². The van der Waals surface area contributed by atoms with Crippen molar-refractivity contribution in [1.82, 2.24) is 19.7 Å². The summed E-state index contributed by atoms with van der Waals surface area (Å²) in [6.07, 6.45) is 4.71. The zero-order chi connectivity index (χ0) is 21.1. The van der Waals surface area contributed by atoms with Crippen LogP contribution in [0.5, 0.6) is 0 Å². The lowest BCUT2D eigenvalue weighted by atomic mass is 10.1. The number of nitrogens with zero attached hydrogens (tertiary/aromatic N) is 5. The van der Waals surface area contributed by atoms with E-state index >= 15 is 0 Å². The Morgan fingerprint density at radius 1 is 1.17 bits per heavy atom. The monoisotopic (exact) mass is 457 g/mol. The zero-order valence-corrected chi connectivity index (χ0v) is 19.2. The van der Waals surface area contributed by atoms with E-state index < -0.39 is 9.84 Å². The Morgan fingerprint density at radius 3 is 2.53 bits per heavy atom. The SMILES string of the molecule is CCn1c(SCC(=O)N(C2CCCC2)[C@H]2CCS(=O)(=O)C2)nnc1N1CCOCC1. The molecular weight excluding hydrogens is 426 g/mol. The number of anilines is 1. The quantitative estimate of drug-likeness (QED) is 0.563. The van der Waals surface area contributed by atoms with Gasteiger partial charge in [-0.15, -0.1) is 10.2 Å². The Bertz CT molecular complexity index is 847. The molecule has 0 spiro atoms. The van der Waals surface area contributed by atoms with Crippen LogP contribution in [-0.2, 0) is 25.9 Å². The van der Waals surface area contributed by atoms with E-state index in [1.165, 1.54) is 11.8 Å². The topological polar surface area (TPSA) is 97.6 Å². The molecule has 30 heavy (non-hydrogen) atoms. The third-order valence-electron chi connectivity index (χ3n) is 6.24. The first kappa shape index (κ1) is 21.9. The van der Waals surface area contributed by atoms with Crippen LogP contribution in [0.1, 0.15) is 39.0 Å². The number of sulfone groups is 1. The van der Waals surface area contributed by atoms with Crippen LogP contribution in [0, 0.1) is 0 Å². The molecule has 9 nitrogen and oxygen atoms in total. The molecule has 1 aromatic rings. The molecule has 1 amide bonds. The highest BCUT2D eigenvalue weighted by atomic mass is 32.2. The number of hydrogen-bond acceptors (Lipinski definition) is 8. The lowest BCUT2D eigenvalue weighted by molar-refractivity contribution is -0.132. The number of rotatable bonds is 7. The molecule has 0 radical (unpaired) electrons. The van der Waals surface area contributed by atoms with Crippen molar-refractivity contribution in [1.29, 1.82) is 0 Å². The first-order valence-electron chi connectivity index (χ1n) is 10.9. The minimum atomic E-state index is -3.03. The molecule has 168 valence electrons. The van der Waals surface area contributed by atoms with Crippen molar-refractivity contribution in [3.63, 3.8) is 0 Å². The molecule has 3 aliphatic rings. The lowest BCUT2D eigenvalue weighted by Crippen LogP contribution is -2.47. The second-order valence-electron chi connectivity index (χ2n) is 8.21. The van der Waals surface area contributed by atoms with Gasteiger partial charge < -0.3 is 14.5 Å². The van der Waals surface area contributed by atoms with Crippen molar-refractivity contribution in [3.8, 4) is 0 Å². The molecular formula is C19H31N5O4S2. The molecule has 11 heteroatoms. The van der Waals surface area contributed by atoms with Gasteiger partial charge in [0.25, 0.3) is 0 Å². The molecule has 1 saturated carbocycles. The van der Waals surface area contributed by atoms with Gasteiger partial charge in [0.2, 0.25) is 11.9 Å². The van der Waals surface area contributed by atoms with Crippen molar-refractivity contribution >= 4 is 33.5 Å². The number of ether oxygens (including phenoxy) is 1. The largest absolute Gasteiger partial charge is 0.378 e. The van der Waals surface area contributed by atoms with Gasteiger partial charge in [0.15, 0.2) is 15.0 Å². The van der Waals surface area contributed by atoms with Gasteiger partial charge in [0.05, 0.1) is 30.5 Å². The number of thioether (sulfide) groups is 1. The van der Waals surface area contributed by atoms with Gasteiger partial charge in [-0.1, -0.05) is 24.6 Å². The summed E-state index contributed by atoms with van der Waals surface area (Å²) in [5, 5.41) is 9.44. The Hall–Kier alpha value is -1.33. The normalized spacial score (nSPS) is 24.4. The molecule has 1 aliphatic carbocycles. The molecule has 3 heterocycles. The maximum atomic E-state index is 13.2. The fourth-order valence-electron chi connectivity index (χ4n) is 4.75. The van der Waals surface area contributed by atoms with Gasteiger partial charge in [-0.25, -0.2) is 8.42 Å². The van der Waals surface area contributed by atoms with Crippen molar-refractivity contribution < 1.29 is 17.9 Å². The molecule has 3 fully saturated rings. The minimum absolute atomic E-state index is 0.0209. The number of morpholine rings is 1. The number of amides is 1. The van der Waals surface area contributed by atoms with E-state index in [0.717, 1.165) is 56.4 Å². The number of aromatic nitrogens is 3. The van der Waals surface area contributed by atoms with E-state index in [4.69, 9.17) is 4.74 Å². The smallest absolute Gasteiger partial charge is 0.233 e. The van der Waals surface area contributed by atoms with Crippen LogP contribution in [-0.4, -0.2) is 89.6 Å². The average Bonchev–Trinajstić information content (AvgIpc) is 3.47. The third-order valence-corrected chi connectivity index (χ3v) is 8.94. The summed E-state index contributed by atoms with van der Waals surface area (Å²) < 4.78 is 31.5. The van der Waals surface area contributed by atoms with Crippen molar-refractivity contribution in [2.24, 2.45) is 0 Å². The number of hydrogen-bond donors (Lipinski definition) is 0. The van der Waals surface area contributed by atoms with Crippen molar-refractivity contribution in [3.05, 3.63) is 0 Å². The molecule has 1 atom stereocenters. The van der Waals surface area contributed by atoms with Gasteiger partial charge in [0.1, 0.15) is 0 Å². The molecule has 0 bridgehead atoms. The predicted molar refractivity (Wildman–Crippen MR) is 116 cm³/mol. The predicted octanol–water partition coefficient (Wildman–Crippen LogP) is 1.19. The third kappa shape index (κ3) is 4.77. The van der Waals surface area contributed by atoms with Crippen LogP contribution in [0.15, 0.2) is 5.16 Å². The van der Waals surface area contributed by atoms with E-state index in [9.17, 15) is 13.2 Å². The second-order valence-corrected chi connectivity index (χ2v) is 11.4. The van der Waals surface area contributed by atoms with Gasteiger partial charge in [-0.3, -0.25) is 9.36 Å². The zero-order valence-electron chi connectivity index (χ0n) is 17.5. The maximum Gasteiger partial charge on any atom is 0.233 e. The maximum absolute atomic E-state index is 13.2.